The van der Waals surface area contributed by atoms with Crippen molar-refractivity contribution in [3.05, 3.63) is 0 Å². The first kappa shape index (κ1) is 15.6. The van der Waals surface area contributed by atoms with Crippen LogP contribution >= 0.6 is 0 Å². The Hall–Kier alpha value is -1.79. The molecule has 0 aliphatic carbocycles. The molecule has 2 aliphatic rings. The van der Waals surface area contributed by atoms with E-state index in [0.717, 1.165) is 45.0 Å². The number of carbonyl (C=O) groups excluding carboxylic acids is 2. The van der Waals surface area contributed by atoms with E-state index < -0.39 is 5.54 Å². The van der Waals surface area contributed by atoms with Gasteiger partial charge in [-0.2, -0.15) is 0 Å². The highest BCUT2D eigenvalue weighted by atomic mass is 16.2. The van der Waals surface area contributed by atoms with Crippen molar-refractivity contribution in [2.24, 2.45) is 10.9 Å². The maximum absolute atomic E-state index is 12.0. The standard InChI is InChI=1S/C14H25N5O2/c1-4-15-12(16-5-2)19-8-6-10(7-9-19)14(3)11(20)17-13(21)18-14/h10H,4-9H2,1-3H3,(H,15,16)(H2,17,18,20,21). The Morgan fingerprint density at radius 3 is 2.52 bits per heavy atom. The molecule has 1 unspecified atom stereocenters. The van der Waals surface area contributed by atoms with E-state index in [-0.39, 0.29) is 17.9 Å². The number of hydrogen-bond donors (Lipinski definition) is 3. The lowest BCUT2D eigenvalue weighted by atomic mass is 9.79. The maximum atomic E-state index is 12.0. The summed E-state index contributed by atoms with van der Waals surface area (Å²) in [6.07, 6.45) is 1.72. The van der Waals surface area contributed by atoms with E-state index in [1.807, 2.05) is 13.8 Å². The lowest BCUT2D eigenvalue weighted by Crippen LogP contribution is -2.55. The van der Waals surface area contributed by atoms with Crippen molar-refractivity contribution < 1.29 is 9.59 Å². The number of carbonyl (C=O) groups is 2. The largest absolute Gasteiger partial charge is 0.357 e. The van der Waals surface area contributed by atoms with Crippen molar-refractivity contribution in [2.75, 3.05) is 26.2 Å². The lowest BCUT2D eigenvalue weighted by molar-refractivity contribution is -0.125. The second kappa shape index (κ2) is 6.32. The molecule has 2 aliphatic heterocycles. The minimum absolute atomic E-state index is 0.157. The predicted octanol–water partition coefficient (Wildman–Crippen LogP) is 0.282. The first-order valence-electron chi connectivity index (χ1n) is 7.68. The number of hydrogen-bond acceptors (Lipinski definition) is 3. The van der Waals surface area contributed by atoms with Gasteiger partial charge in [-0.1, -0.05) is 0 Å². The summed E-state index contributed by atoms with van der Waals surface area (Å²) in [4.78, 5) is 30.1. The van der Waals surface area contributed by atoms with Crippen molar-refractivity contribution in [1.29, 1.82) is 0 Å². The number of amides is 3. The fourth-order valence-electron chi connectivity index (χ4n) is 3.09. The molecule has 0 aromatic heterocycles. The molecule has 1 atom stereocenters. The number of guanidine groups is 1. The van der Waals surface area contributed by atoms with Gasteiger partial charge < -0.3 is 15.5 Å². The zero-order chi connectivity index (χ0) is 15.5. The highest BCUT2D eigenvalue weighted by molar-refractivity contribution is 6.07. The summed E-state index contributed by atoms with van der Waals surface area (Å²) in [6.45, 7) is 9.16. The number of likely N-dealkylation sites (tertiary alicyclic amines) is 1. The molecule has 0 spiro atoms. The molecule has 0 aromatic carbocycles. The van der Waals surface area contributed by atoms with Crippen LogP contribution in [0.4, 0.5) is 4.79 Å². The van der Waals surface area contributed by atoms with Crippen molar-refractivity contribution in [1.82, 2.24) is 20.9 Å². The van der Waals surface area contributed by atoms with E-state index in [4.69, 9.17) is 0 Å². The van der Waals surface area contributed by atoms with Gasteiger partial charge in [0.1, 0.15) is 5.54 Å². The summed E-state index contributed by atoms with van der Waals surface area (Å²) in [7, 11) is 0. The van der Waals surface area contributed by atoms with Gasteiger partial charge in [-0.25, -0.2) is 4.79 Å². The Bertz CT molecular complexity index is 443. The van der Waals surface area contributed by atoms with Gasteiger partial charge in [-0.05, 0) is 39.5 Å². The number of urea groups is 1. The summed E-state index contributed by atoms with van der Waals surface area (Å²) in [6, 6.07) is -0.384. The minimum Gasteiger partial charge on any atom is -0.357 e. The molecule has 0 saturated carbocycles. The van der Waals surface area contributed by atoms with Crippen molar-refractivity contribution in [2.45, 2.75) is 39.2 Å². The van der Waals surface area contributed by atoms with Gasteiger partial charge in [0.05, 0.1) is 0 Å². The normalized spacial score (nSPS) is 27.6. The third kappa shape index (κ3) is 3.11. The average Bonchev–Trinajstić information content (AvgIpc) is 2.73. The van der Waals surface area contributed by atoms with E-state index in [0.29, 0.717) is 0 Å². The van der Waals surface area contributed by atoms with Crippen molar-refractivity contribution >= 4 is 17.9 Å². The molecular weight excluding hydrogens is 270 g/mol. The van der Waals surface area contributed by atoms with E-state index in [2.05, 4.69) is 32.8 Å². The van der Waals surface area contributed by atoms with Crippen LogP contribution in [0.1, 0.15) is 33.6 Å². The van der Waals surface area contributed by atoms with Crippen molar-refractivity contribution in [3.63, 3.8) is 0 Å². The molecule has 2 rings (SSSR count). The van der Waals surface area contributed by atoms with Crippen LogP contribution in [0.3, 0.4) is 0 Å². The zero-order valence-electron chi connectivity index (χ0n) is 13.0. The molecule has 0 radical (unpaired) electrons. The topological polar surface area (TPSA) is 85.8 Å². The molecule has 21 heavy (non-hydrogen) atoms. The second-order valence-corrected chi connectivity index (χ2v) is 5.70. The fraction of sp³-hybridized carbons (Fsp3) is 0.786. The van der Waals surface area contributed by atoms with Crippen LogP contribution in [0.15, 0.2) is 4.99 Å². The number of aliphatic imine (C=N–C) groups is 1. The number of imide groups is 1. The Labute approximate surface area is 125 Å². The fourth-order valence-corrected chi connectivity index (χ4v) is 3.09. The summed E-state index contributed by atoms with van der Waals surface area (Å²) in [5.41, 5.74) is -0.774. The van der Waals surface area contributed by atoms with Gasteiger partial charge in [0, 0.05) is 26.2 Å². The maximum Gasteiger partial charge on any atom is 0.322 e. The Morgan fingerprint density at radius 1 is 1.38 bits per heavy atom. The number of nitrogens with zero attached hydrogens (tertiary/aromatic N) is 2. The number of piperidine rings is 1. The van der Waals surface area contributed by atoms with Gasteiger partial charge in [-0.15, -0.1) is 0 Å². The molecular formula is C14H25N5O2. The van der Waals surface area contributed by atoms with E-state index in [1.165, 1.54) is 0 Å². The third-order valence-corrected chi connectivity index (χ3v) is 4.33. The lowest BCUT2D eigenvalue weighted by Gasteiger charge is -2.39. The molecule has 2 heterocycles. The minimum atomic E-state index is -0.774. The SMILES string of the molecule is CCN=C(NCC)N1CCC(C2(C)NC(=O)NC2=O)CC1. The second-order valence-electron chi connectivity index (χ2n) is 5.70. The Kier molecular flexibility index (Phi) is 4.69. The van der Waals surface area contributed by atoms with E-state index in [9.17, 15) is 9.59 Å². The van der Waals surface area contributed by atoms with Crippen LogP contribution < -0.4 is 16.0 Å². The van der Waals surface area contributed by atoms with Crippen LogP contribution in [0.5, 0.6) is 0 Å². The van der Waals surface area contributed by atoms with Crippen LogP contribution in [0.2, 0.25) is 0 Å². The van der Waals surface area contributed by atoms with Crippen molar-refractivity contribution in [3.8, 4) is 0 Å². The van der Waals surface area contributed by atoms with Gasteiger partial charge in [-0.3, -0.25) is 15.1 Å². The first-order valence-corrected chi connectivity index (χ1v) is 7.68. The number of rotatable bonds is 3. The van der Waals surface area contributed by atoms with Crippen LogP contribution in [-0.4, -0.2) is 54.5 Å². The monoisotopic (exact) mass is 295 g/mol. The molecule has 2 fully saturated rings. The molecule has 0 aromatic rings. The van der Waals surface area contributed by atoms with E-state index in [1.54, 1.807) is 0 Å². The zero-order valence-corrected chi connectivity index (χ0v) is 13.0. The van der Waals surface area contributed by atoms with Crippen LogP contribution in [0.25, 0.3) is 0 Å². The Morgan fingerprint density at radius 2 is 2.05 bits per heavy atom. The highest BCUT2D eigenvalue weighted by Gasteiger charge is 2.48. The molecule has 3 N–H and O–H groups in total. The van der Waals surface area contributed by atoms with Gasteiger partial charge in [0.2, 0.25) is 0 Å². The third-order valence-electron chi connectivity index (χ3n) is 4.33. The van der Waals surface area contributed by atoms with Gasteiger partial charge >= 0.3 is 6.03 Å². The highest BCUT2D eigenvalue weighted by Crippen LogP contribution is 2.30. The summed E-state index contributed by atoms with van der Waals surface area (Å²) < 4.78 is 0. The average molecular weight is 295 g/mol. The van der Waals surface area contributed by atoms with Crippen LogP contribution in [0, 0.1) is 5.92 Å². The summed E-state index contributed by atoms with van der Waals surface area (Å²) in [5.74, 6) is 0.883. The molecule has 3 amide bonds. The van der Waals surface area contributed by atoms with Crippen LogP contribution in [-0.2, 0) is 4.79 Å². The molecule has 7 nitrogen and oxygen atoms in total. The molecule has 7 heteroatoms. The quantitative estimate of drug-likeness (QED) is 0.397. The molecule has 0 bridgehead atoms. The number of nitrogens with one attached hydrogen (secondary N) is 3. The first-order chi connectivity index (χ1) is 10.0. The molecule has 118 valence electrons. The Balaban J connectivity index is 1.98. The predicted molar refractivity (Wildman–Crippen MR) is 81.0 cm³/mol. The molecule has 2 saturated heterocycles. The van der Waals surface area contributed by atoms with Gasteiger partial charge in [0.15, 0.2) is 5.96 Å². The van der Waals surface area contributed by atoms with E-state index >= 15 is 0 Å². The summed E-state index contributed by atoms with van der Waals surface area (Å²) >= 11 is 0. The summed E-state index contributed by atoms with van der Waals surface area (Å²) in [5, 5.41) is 8.41. The van der Waals surface area contributed by atoms with Gasteiger partial charge in [0.25, 0.3) is 5.91 Å². The smallest absolute Gasteiger partial charge is 0.322 e.